The van der Waals surface area contributed by atoms with Gasteiger partial charge in [-0.3, -0.25) is 0 Å². The lowest BCUT2D eigenvalue weighted by atomic mass is 9.95. The summed E-state index contributed by atoms with van der Waals surface area (Å²) in [6, 6.07) is 59.7. The number of hydrogen-bond acceptors (Lipinski definition) is 4. The Morgan fingerprint density at radius 1 is 0.380 bits per heavy atom. The normalized spacial score (nSPS) is 11.6. The molecule has 0 atom stereocenters. The van der Waals surface area contributed by atoms with Crippen molar-refractivity contribution in [3.8, 4) is 56.0 Å². The molecule has 0 aliphatic carbocycles. The van der Waals surface area contributed by atoms with Gasteiger partial charge in [0.2, 0.25) is 0 Å². The molecule has 7 aromatic carbocycles. The Balaban J connectivity index is 1.24. The van der Waals surface area contributed by atoms with Crippen LogP contribution >= 0.6 is 11.3 Å². The molecule has 50 heavy (non-hydrogen) atoms. The van der Waals surface area contributed by atoms with Gasteiger partial charge < -0.3 is 4.42 Å². The predicted octanol–water partition coefficient (Wildman–Crippen LogP) is 13.1. The quantitative estimate of drug-likeness (QED) is 0.185. The van der Waals surface area contributed by atoms with Gasteiger partial charge in [-0.1, -0.05) is 127 Å². The minimum atomic E-state index is 0.694. The van der Waals surface area contributed by atoms with Crippen LogP contribution in [0.4, 0.5) is 0 Å². The summed E-state index contributed by atoms with van der Waals surface area (Å²) in [6.45, 7) is 0. The van der Waals surface area contributed by atoms with E-state index in [0.717, 1.165) is 76.6 Å². The molecule has 0 fully saturated rings. The van der Waals surface area contributed by atoms with Crippen molar-refractivity contribution < 1.29 is 4.42 Å². The van der Waals surface area contributed by atoms with Crippen molar-refractivity contribution in [2.45, 2.75) is 0 Å². The number of nitrogens with zero attached hydrogens (tertiary/aromatic N) is 2. The van der Waals surface area contributed by atoms with E-state index in [2.05, 4.69) is 158 Å². The van der Waals surface area contributed by atoms with Gasteiger partial charge in [0, 0.05) is 32.0 Å². The molecule has 0 aliphatic heterocycles. The molecule has 0 N–H and O–H groups in total. The van der Waals surface area contributed by atoms with Gasteiger partial charge >= 0.3 is 0 Å². The first-order chi connectivity index (χ1) is 24.7. The Morgan fingerprint density at radius 3 is 1.64 bits per heavy atom. The molecule has 3 heterocycles. The predicted molar refractivity (Wildman–Crippen MR) is 209 cm³/mol. The van der Waals surface area contributed by atoms with Crippen LogP contribution in [0.15, 0.2) is 174 Å². The Hall–Kier alpha value is -6.36. The SMILES string of the molecule is c1ccc(-c2cc(-c3ccccc3)cc(-c3nc(-c4ccc5c(c4)oc4ccccc45)c4sc5cc(-c6ccccc6)ccc5c4n3)c2)cc1. The molecule has 0 radical (unpaired) electrons. The molecule has 3 nitrogen and oxygen atoms in total. The molecule has 0 saturated carbocycles. The van der Waals surface area contributed by atoms with Gasteiger partial charge in [0.05, 0.1) is 15.9 Å². The summed E-state index contributed by atoms with van der Waals surface area (Å²) in [7, 11) is 0. The Morgan fingerprint density at radius 2 is 0.940 bits per heavy atom. The van der Waals surface area contributed by atoms with E-state index in [1.807, 2.05) is 12.1 Å². The zero-order valence-corrected chi connectivity index (χ0v) is 27.7. The molecule has 0 unspecified atom stereocenters. The molecule has 0 aliphatic rings. The third kappa shape index (κ3) is 4.89. The van der Waals surface area contributed by atoms with Crippen LogP contribution in [0.1, 0.15) is 0 Å². The van der Waals surface area contributed by atoms with E-state index in [1.54, 1.807) is 11.3 Å². The monoisotopic (exact) mass is 656 g/mol. The van der Waals surface area contributed by atoms with Crippen molar-refractivity contribution in [3.05, 3.63) is 170 Å². The molecular formula is C46H28N2OS. The summed E-state index contributed by atoms with van der Waals surface area (Å²) in [6.07, 6.45) is 0. The van der Waals surface area contributed by atoms with Crippen molar-refractivity contribution in [2.24, 2.45) is 0 Å². The highest BCUT2D eigenvalue weighted by Gasteiger charge is 2.19. The van der Waals surface area contributed by atoms with Gasteiger partial charge in [-0.2, -0.15) is 0 Å². The fourth-order valence-corrected chi connectivity index (χ4v) is 8.19. The van der Waals surface area contributed by atoms with Crippen molar-refractivity contribution >= 4 is 53.6 Å². The van der Waals surface area contributed by atoms with Crippen LogP contribution in [0.25, 0.3) is 98.3 Å². The lowest BCUT2D eigenvalue weighted by molar-refractivity contribution is 0.669. The zero-order valence-electron chi connectivity index (χ0n) is 26.9. The fourth-order valence-electron chi connectivity index (χ4n) is 7.00. The highest BCUT2D eigenvalue weighted by atomic mass is 32.1. The highest BCUT2D eigenvalue weighted by Crippen LogP contribution is 2.43. The molecule has 3 aromatic heterocycles. The van der Waals surface area contributed by atoms with Gasteiger partial charge in [-0.05, 0) is 75.8 Å². The first-order valence-electron chi connectivity index (χ1n) is 16.7. The lowest BCUT2D eigenvalue weighted by Crippen LogP contribution is -1.95. The number of para-hydroxylation sites is 1. The van der Waals surface area contributed by atoms with E-state index in [0.29, 0.717) is 5.82 Å². The standard InChI is InChI=1S/C46H28N2OS/c1-4-12-29(13-5-1)32-20-23-39-42(28-32)50-45-43(33-21-22-38-37-18-10-11-19-40(37)49-41(38)27-33)47-46(48-44(39)45)36-25-34(30-14-6-2-7-15-30)24-35(26-36)31-16-8-3-9-17-31/h1-28H. The van der Waals surface area contributed by atoms with Crippen LogP contribution in [0.5, 0.6) is 0 Å². The number of benzene rings is 7. The zero-order chi connectivity index (χ0) is 33.0. The van der Waals surface area contributed by atoms with Gasteiger partial charge in [0.25, 0.3) is 0 Å². The summed E-state index contributed by atoms with van der Waals surface area (Å²) >= 11 is 1.75. The van der Waals surface area contributed by atoms with Gasteiger partial charge in [-0.25, -0.2) is 9.97 Å². The van der Waals surface area contributed by atoms with Crippen molar-refractivity contribution in [1.82, 2.24) is 9.97 Å². The maximum absolute atomic E-state index is 6.35. The highest BCUT2D eigenvalue weighted by molar-refractivity contribution is 7.26. The molecule has 0 saturated heterocycles. The van der Waals surface area contributed by atoms with Crippen LogP contribution < -0.4 is 0 Å². The van der Waals surface area contributed by atoms with Gasteiger partial charge in [0.15, 0.2) is 5.82 Å². The first kappa shape index (κ1) is 28.6. The molecule has 234 valence electrons. The van der Waals surface area contributed by atoms with Crippen molar-refractivity contribution in [2.75, 3.05) is 0 Å². The number of fused-ring (bicyclic) bond motifs is 6. The lowest BCUT2D eigenvalue weighted by Gasteiger charge is -2.12. The van der Waals surface area contributed by atoms with Gasteiger partial charge in [0.1, 0.15) is 11.2 Å². The van der Waals surface area contributed by atoms with E-state index >= 15 is 0 Å². The molecular weight excluding hydrogens is 629 g/mol. The minimum Gasteiger partial charge on any atom is -0.456 e. The van der Waals surface area contributed by atoms with Crippen molar-refractivity contribution in [1.29, 1.82) is 0 Å². The second kappa shape index (κ2) is 11.7. The second-order valence-electron chi connectivity index (χ2n) is 12.6. The van der Waals surface area contributed by atoms with Crippen LogP contribution in [-0.2, 0) is 0 Å². The molecule has 0 spiro atoms. The second-order valence-corrected chi connectivity index (χ2v) is 13.6. The fraction of sp³-hybridized carbons (Fsp3) is 0. The van der Waals surface area contributed by atoms with Crippen LogP contribution in [0.2, 0.25) is 0 Å². The van der Waals surface area contributed by atoms with Crippen LogP contribution in [-0.4, -0.2) is 9.97 Å². The number of thiophene rings is 1. The topological polar surface area (TPSA) is 38.9 Å². The molecule has 0 amide bonds. The summed E-state index contributed by atoms with van der Waals surface area (Å²) in [4.78, 5) is 10.8. The smallest absolute Gasteiger partial charge is 0.160 e. The minimum absolute atomic E-state index is 0.694. The summed E-state index contributed by atoms with van der Waals surface area (Å²) in [5.41, 5.74) is 12.5. The number of hydrogen-bond donors (Lipinski definition) is 0. The number of furan rings is 1. The molecule has 0 bridgehead atoms. The van der Waals surface area contributed by atoms with E-state index < -0.39 is 0 Å². The maximum Gasteiger partial charge on any atom is 0.160 e. The largest absolute Gasteiger partial charge is 0.456 e. The van der Waals surface area contributed by atoms with Crippen LogP contribution in [0, 0.1) is 0 Å². The number of aromatic nitrogens is 2. The summed E-state index contributed by atoms with van der Waals surface area (Å²) in [5.74, 6) is 0.694. The molecule has 10 rings (SSSR count). The van der Waals surface area contributed by atoms with Crippen molar-refractivity contribution in [3.63, 3.8) is 0 Å². The average molecular weight is 657 g/mol. The van der Waals surface area contributed by atoms with E-state index in [1.165, 1.54) is 15.8 Å². The third-order valence-corrected chi connectivity index (χ3v) is 10.6. The Labute approximate surface area is 292 Å². The molecule has 10 aromatic rings. The van der Waals surface area contributed by atoms with Crippen LogP contribution in [0.3, 0.4) is 0 Å². The Kier molecular flexibility index (Phi) is 6.68. The third-order valence-electron chi connectivity index (χ3n) is 9.48. The maximum atomic E-state index is 6.35. The summed E-state index contributed by atoms with van der Waals surface area (Å²) < 4.78 is 8.60. The van der Waals surface area contributed by atoms with Gasteiger partial charge in [-0.15, -0.1) is 11.3 Å². The van der Waals surface area contributed by atoms with E-state index in [9.17, 15) is 0 Å². The van der Waals surface area contributed by atoms with E-state index in [-0.39, 0.29) is 0 Å². The Bertz CT molecular complexity index is 2800. The summed E-state index contributed by atoms with van der Waals surface area (Å²) in [5, 5.41) is 3.34. The molecule has 4 heteroatoms. The first-order valence-corrected chi connectivity index (χ1v) is 17.5. The number of rotatable bonds is 5. The average Bonchev–Trinajstić information content (AvgIpc) is 3.76. The van der Waals surface area contributed by atoms with E-state index in [4.69, 9.17) is 14.4 Å².